The number of nitrogens with one attached hydrogen (secondary N) is 4. The molecule has 0 saturated carbocycles. The number of hydrogen-bond acceptors (Lipinski definition) is 12. The molecular weight excluding hydrogens is 1110 g/mol. The first-order chi connectivity index (χ1) is 41.5. The number of anilines is 1. The van der Waals surface area contributed by atoms with Crippen LogP contribution in [-0.2, 0) is 43.4 Å². The molecule has 87 heavy (non-hydrogen) atoms. The second kappa shape index (κ2) is 34.3. The fourth-order valence-electron chi connectivity index (χ4n) is 10.2. The third kappa shape index (κ3) is 21.5. The van der Waals surface area contributed by atoms with Gasteiger partial charge in [-0.25, -0.2) is 4.39 Å². The number of carboxylic acids is 1. The van der Waals surface area contributed by atoms with E-state index in [9.17, 15) is 48.5 Å². The molecule has 0 unspecified atom stereocenters. The number of halogens is 1. The van der Waals surface area contributed by atoms with Crippen molar-refractivity contribution in [2.75, 3.05) is 18.4 Å². The summed E-state index contributed by atoms with van der Waals surface area (Å²) < 4.78 is 16.0. The molecule has 6 atom stereocenters. The van der Waals surface area contributed by atoms with Gasteiger partial charge in [-0.15, -0.1) is 0 Å². The molecule has 22 heteroatoms. The number of primary amides is 1. The molecule has 0 bridgehead atoms. The predicted octanol–water partition coefficient (Wildman–Crippen LogP) is 5.56. The Hall–Kier alpha value is -8.96. The van der Waals surface area contributed by atoms with E-state index in [0.717, 1.165) is 22.4 Å². The first-order valence-electron chi connectivity index (χ1n) is 29.0. The number of nitrogens with zero attached hydrogens (tertiary/aromatic N) is 2. The van der Waals surface area contributed by atoms with Crippen molar-refractivity contribution >= 4 is 47.2 Å². The number of aliphatic carboxylic acids is 1. The molecule has 0 fully saturated rings. The van der Waals surface area contributed by atoms with Crippen molar-refractivity contribution < 1.29 is 53.6 Å². The lowest BCUT2D eigenvalue weighted by molar-refractivity contribution is -0.139. The number of amides is 5. The van der Waals surface area contributed by atoms with Crippen LogP contribution < -0.4 is 49.9 Å². The number of benzene rings is 5. The van der Waals surface area contributed by atoms with Crippen LogP contribution in [0.4, 0.5) is 10.1 Å². The maximum Gasteiger partial charge on any atom is 0.305 e. The van der Waals surface area contributed by atoms with Crippen LogP contribution in [0.1, 0.15) is 109 Å². The normalized spacial score (nSPS) is 13.1. The summed E-state index contributed by atoms with van der Waals surface area (Å²) >= 11 is 0. The lowest BCUT2D eigenvalue weighted by Crippen LogP contribution is -2.58. The van der Waals surface area contributed by atoms with Crippen molar-refractivity contribution in [3.8, 4) is 28.1 Å². The number of carbonyl (C=O) groups excluding carboxylic acids is 5. The minimum Gasteiger partial charge on any atom is -0.508 e. The number of aliphatic hydroxyl groups is 2. The molecule has 0 aliphatic carbocycles. The van der Waals surface area contributed by atoms with Gasteiger partial charge in [0.2, 0.25) is 23.6 Å². The van der Waals surface area contributed by atoms with Crippen molar-refractivity contribution in [2.24, 2.45) is 33.7 Å². The molecule has 0 radical (unpaired) electrons. The van der Waals surface area contributed by atoms with Crippen LogP contribution in [0.5, 0.6) is 5.75 Å². The number of hydrogen-bond donors (Lipinski definition) is 13. The van der Waals surface area contributed by atoms with Crippen molar-refractivity contribution in [1.82, 2.24) is 20.5 Å². The van der Waals surface area contributed by atoms with Crippen LogP contribution in [0, 0.1) is 19.7 Å². The molecule has 0 aliphatic rings. The Bertz CT molecular complexity index is 3230. The molecule has 1 aromatic heterocycles. The summed E-state index contributed by atoms with van der Waals surface area (Å²) in [6.07, 6.45) is -0.232. The van der Waals surface area contributed by atoms with Gasteiger partial charge in [0.05, 0.1) is 35.9 Å². The summed E-state index contributed by atoms with van der Waals surface area (Å²) in [6.45, 7) is 8.50. The number of aryl methyl sites for hydroxylation is 2. The highest BCUT2D eigenvalue weighted by Crippen LogP contribution is 2.43. The number of unbranched alkanes of at least 4 members (excludes halogenated alkanes) is 1. The van der Waals surface area contributed by atoms with Gasteiger partial charge in [0.15, 0.2) is 5.96 Å². The zero-order valence-electron chi connectivity index (χ0n) is 49.8. The van der Waals surface area contributed by atoms with Gasteiger partial charge >= 0.3 is 5.97 Å². The molecule has 18 N–H and O–H groups in total. The van der Waals surface area contributed by atoms with Crippen molar-refractivity contribution in [3.63, 3.8) is 0 Å². The number of guanidine groups is 1. The molecule has 21 nitrogen and oxygen atoms in total. The van der Waals surface area contributed by atoms with E-state index >= 15 is 0 Å². The second-order valence-electron chi connectivity index (χ2n) is 21.8. The first-order valence-corrected chi connectivity index (χ1v) is 29.0. The third-order valence-electron chi connectivity index (χ3n) is 14.5. The monoisotopic (exact) mass is 1200 g/mol. The number of rotatable bonds is 31. The van der Waals surface area contributed by atoms with Crippen molar-refractivity contribution in [2.45, 2.75) is 141 Å². The van der Waals surface area contributed by atoms with Crippen LogP contribution in [-0.4, -0.2) is 116 Å². The quantitative estimate of drug-likeness (QED) is 0.0144. The second-order valence-corrected chi connectivity index (χ2v) is 21.8. The maximum atomic E-state index is 14.0. The number of phenolic OH excluding ortho intramolecular Hbond substituents is 1. The fraction of sp³-hybridized carbons (Fsp3) is 0.369. The third-order valence-corrected chi connectivity index (χ3v) is 14.5. The summed E-state index contributed by atoms with van der Waals surface area (Å²) in [6, 6.07) is 32.8. The summed E-state index contributed by atoms with van der Waals surface area (Å²) in [7, 11) is 0. The highest BCUT2D eigenvalue weighted by Gasteiger charge is 2.33. The maximum absolute atomic E-state index is 14.0. The van der Waals surface area contributed by atoms with Gasteiger partial charge in [0.25, 0.3) is 5.91 Å². The highest BCUT2D eigenvalue weighted by atomic mass is 19.1. The number of carboxylic acid groups (broad SMARTS) is 1. The van der Waals surface area contributed by atoms with E-state index in [1.54, 1.807) is 38.1 Å². The predicted molar refractivity (Wildman–Crippen MR) is 334 cm³/mol. The average Bonchev–Trinajstić information content (AvgIpc) is 1.72. The highest BCUT2D eigenvalue weighted by molar-refractivity contribution is 6.12. The van der Waals surface area contributed by atoms with Crippen LogP contribution in [0.15, 0.2) is 132 Å². The van der Waals surface area contributed by atoms with E-state index in [-0.39, 0.29) is 81.0 Å². The van der Waals surface area contributed by atoms with Gasteiger partial charge in [-0.05, 0) is 153 Å². The number of carbonyl (C=O) groups is 6. The molecule has 466 valence electrons. The van der Waals surface area contributed by atoms with E-state index < -0.39 is 72.4 Å². The molecule has 0 saturated heterocycles. The standard InChI is InChI=1S/C33H35FN2O5.C32H49N9O5/c1-21(2)31-30(33(41)35-25-11-7-4-8-12-25)29(22-9-5-3-6-10-22)32(23-13-15-24(34)16-14-23)36(31)18-17-26(37)19-27(38)20-28(39)40;1-19-15-22(42)16-20(2)23(19)18-27(41-29(44)24(34)11-8-14-38-32(36)37)31(46)39-25(12-6-7-13-33)30(45)40-26(28(35)43)17-21-9-4-3-5-10-21/h3-16,21,26-27,37-38H,17-20H2,1-2H3,(H,35,41)(H,39,40);3-5,9-10,15-16,24-27,42H,6-8,11-14,17-18,33-34H2,1-2H3,(H2,35,43)(H,39,46)(H,40,45)(H,41,44)(H4,36,37,38)/t26-,27-;24-,25+,26+,27+/m11/s1. The van der Waals surface area contributed by atoms with E-state index in [1.807, 2.05) is 109 Å². The number of aliphatic hydroxyl groups excluding tert-OH is 2. The molecule has 0 spiro atoms. The summed E-state index contributed by atoms with van der Waals surface area (Å²) in [5.74, 6) is -4.44. The van der Waals surface area contributed by atoms with Crippen molar-refractivity contribution in [3.05, 3.63) is 167 Å². The zero-order valence-corrected chi connectivity index (χ0v) is 49.8. The van der Waals surface area contributed by atoms with Crippen LogP contribution in [0.25, 0.3) is 22.4 Å². The van der Waals surface area contributed by atoms with Gasteiger partial charge < -0.3 is 74.9 Å². The van der Waals surface area contributed by atoms with E-state index in [4.69, 9.17) is 33.8 Å². The van der Waals surface area contributed by atoms with Gasteiger partial charge in [-0.1, -0.05) is 92.7 Å². The first kappa shape index (κ1) is 68.8. The number of para-hydroxylation sites is 1. The Morgan fingerprint density at radius 3 is 1.82 bits per heavy atom. The number of nitrogens with two attached hydrogens (primary N) is 5. The SMILES string of the molecule is CC(C)c1c(C(=O)Nc2ccccc2)c(-c2ccccc2)c(-c2ccc(F)cc2)n1CC[C@@H](O)C[C@@H](O)CC(=O)O.Cc1cc(O)cc(C)c1C[C@H](NC(=O)[C@H](N)CCCN=C(N)N)C(=O)N[C@@H](CCCCN)C(=O)N[C@@H](Cc1ccccc1)C(N)=O. The molecule has 5 aromatic carbocycles. The summed E-state index contributed by atoms with van der Waals surface area (Å²) in [4.78, 5) is 81.6. The number of aromatic nitrogens is 1. The van der Waals surface area contributed by atoms with Gasteiger partial charge in [-0.2, -0.15) is 0 Å². The van der Waals surface area contributed by atoms with Crippen LogP contribution >= 0.6 is 0 Å². The van der Waals surface area contributed by atoms with E-state index in [2.05, 4.69) is 26.3 Å². The molecular formula is C65H84FN11O10. The molecule has 0 aliphatic heterocycles. The van der Waals surface area contributed by atoms with Crippen LogP contribution in [0.2, 0.25) is 0 Å². The Morgan fingerprint density at radius 2 is 1.24 bits per heavy atom. The Kier molecular flexibility index (Phi) is 27.1. The Labute approximate surface area is 507 Å². The smallest absolute Gasteiger partial charge is 0.305 e. The average molecular weight is 1200 g/mol. The number of aliphatic imine (C=N–C) groups is 1. The summed E-state index contributed by atoms with van der Waals surface area (Å²) in [5.41, 5.74) is 35.8. The molecule has 6 aromatic rings. The summed E-state index contributed by atoms with van der Waals surface area (Å²) in [5, 5.41) is 51.0. The molecule has 5 amide bonds. The topological polar surface area (TPSA) is 379 Å². The lowest BCUT2D eigenvalue weighted by atomic mass is 9.94. The minimum absolute atomic E-state index is 0.0608. The van der Waals surface area contributed by atoms with Gasteiger partial charge in [0, 0.05) is 42.9 Å². The number of aromatic hydroxyl groups is 1. The van der Waals surface area contributed by atoms with Crippen molar-refractivity contribution in [1.29, 1.82) is 0 Å². The van der Waals surface area contributed by atoms with Crippen LogP contribution in [0.3, 0.4) is 0 Å². The Balaban J connectivity index is 0.000000319. The largest absolute Gasteiger partial charge is 0.508 e. The molecule has 1 heterocycles. The lowest BCUT2D eigenvalue weighted by Gasteiger charge is -2.26. The van der Waals surface area contributed by atoms with E-state index in [1.165, 1.54) is 12.1 Å². The van der Waals surface area contributed by atoms with Gasteiger partial charge in [0.1, 0.15) is 29.7 Å². The molecule has 6 rings (SSSR count). The van der Waals surface area contributed by atoms with E-state index in [0.29, 0.717) is 65.0 Å². The zero-order chi connectivity index (χ0) is 63.7. The minimum atomic E-state index is -1.18. The van der Waals surface area contributed by atoms with Gasteiger partial charge in [-0.3, -0.25) is 33.8 Å². The number of phenols is 1. The fourth-order valence-corrected chi connectivity index (χ4v) is 10.2. The Morgan fingerprint density at radius 1 is 0.667 bits per heavy atom.